The highest BCUT2D eigenvalue weighted by Gasteiger charge is 2.27. The highest BCUT2D eigenvalue weighted by molar-refractivity contribution is 7.12. The van der Waals surface area contributed by atoms with E-state index in [0.29, 0.717) is 52.9 Å². The first-order chi connectivity index (χ1) is 15.5. The molecule has 0 unspecified atom stereocenters. The van der Waals surface area contributed by atoms with Crippen LogP contribution in [0.2, 0.25) is 5.02 Å². The van der Waals surface area contributed by atoms with Crippen LogP contribution >= 0.6 is 22.9 Å². The van der Waals surface area contributed by atoms with Gasteiger partial charge in [-0.3, -0.25) is 9.59 Å². The van der Waals surface area contributed by atoms with Crippen LogP contribution in [0.4, 0.5) is 11.4 Å². The van der Waals surface area contributed by atoms with E-state index >= 15 is 0 Å². The van der Waals surface area contributed by atoms with Crippen LogP contribution in [0.15, 0.2) is 60.0 Å². The van der Waals surface area contributed by atoms with Crippen molar-refractivity contribution in [1.82, 2.24) is 4.90 Å². The maximum absolute atomic E-state index is 13.3. The summed E-state index contributed by atoms with van der Waals surface area (Å²) in [6, 6.07) is 18.2. The maximum atomic E-state index is 13.3. The summed E-state index contributed by atoms with van der Waals surface area (Å²) in [4.78, 5) is 32.2. The molecule has 1 aromatic heterocycles. The lowest BCUT2D eigenvalue weighted by molar-refractivity contribution is 0.0747. The first-order valence-electron chi connectivity index (χ1n) is 10.1. The number of nitrogens with zero attached hydrogens (tertiary/aromatic N) is 4. The van der Waals surface area contributed by atoms with Crippen molar-refractivity contribution in [2.75, 3.05) is 43.0 Å². The van der Waals surface area contributed by atoms with E-state index in [2.05, 4.69) is 11.0 Å². The highest BCUT2D eigenvalue weighted by Crippen LogP contribution is 2.29. The maximum Gasteiger partial charge on any atom is 0.268 e. The summed E-state index contributed by atoms with van der Waals surface area (Å²) < 4.78 is 0. The fourth-order valence-electron chi connectivity index (χ4n) is 3.78. The van der Waals surface area contributed by atoms with Crippen LogP contribution in [0.25, 0.3) is 0 Å². The number of hydrogen-bond donors (Lipinski definition) is 0. The monoisotopic (exact) mass is 464 g/mol. The second-order valence-corrected chi connectivity index (χ2v) is 8.77. The fourth-order valence-corrected chi connectivity index (χ4v) is 4.77. The minimum Gasteiger partial charge on any atom is -0.367 e. The summed E-state index contributed by atoms with van der Waals surface area (Å²) in [5.41, 5.74) is 2.48. The van der Waals surface area contributed by atoms with E-state index in [1.54, 1.807) is 42.3 Å². The van der Waals surface area contributed by atoms with Gasteiger partial charge in [-0.05, 0) is 41.8 Å². The minimum atomic E-state index is -0.138. The van der Waals surface area contributed by atoms with Crippen molar-refractivity contribution in [2.45, 2.75) is 0 Å². The van der Waals surface area contributed by atoms with Crippen molar-refractivity contribution >= 4 is 46.1 Å². The molecule has 4 rings (SSSR count). The molecule has 8 heteroatoms. The van der Waals surface area contributed by atoms with Crippen LogP contribution in [0.5, 0.6) is 0 Å². The zero-order valence-corrected chi connectivity index (χ0v) is 19.1. The first kappa shape index (κ1) is 21.9. The van der Waals surface area contributed by atoms with Crippen LogP contribution < -0.4 is 9.80 Å². The molecule has 0 radical (unpaired) electrons. The van der Waals surface area contributed by atoms with E-state index in [0.717, 1.165) is 5.69 Å². The molecule has 0 aliphatic carbocycles. The molecule has 3 aromatic rings. The van der Waals surface area contributed by atoms with Gasteiger partial charge in [0.1, 0.15) is 0 Å². The van der Waals surface area contributed by atoms with Crippen molar-refractivity contribution in [3.8, 4) is 6.07 Å². The van der Waals surface area contributed by atoms with Gasteiger partial charge in [-0.15, -0.1) is 11.3 Å². The number of amides is 2. The van der Waals surface area contributed by atoms with E-state index in [9.17, 15) is 9.59 Å². The number of rotatable bonds is 4. The van der Waals surface area contributed by atoms with Gasteiger partial charge >= 0.3 is 0 Å². The molecule has 1 fully saturated rings. The summed E-state index contributed by atoms with van der Waals surface area (Å²) >= 11 is 7.73. The number of hydrogen-bond acceptors (Lipinski definition) is 5. The van der Waals surface area contributed by atoms with Crippen molar-refractivity contribution < 1.29 is 9.59 Å². The molecule has 0 spiro atoms. The highest BCUT2D eigenvalue weighted by atomic mass is 35.5. The molecule has 2 aromatic carbocycles. The number of para-hydroxylation sites is 1. The number of thiophene rings is 1. The molecule has 32 heavy (non-hydrogen) atoms. The molecule has 1 saturated heterocycles. The Balaban J connectivity index is 1.48. The Morgan fingerprint density at radius 1 is 1.06 bits per heavy atom. The number of piperazine rings is 1. The predicted octanol–water partition coefficient (Wildman–Crippen LogP) is 4.51. The van der Waals surface area contributed by atoms with Gasteiger partial charge in [0.15, 0.2) is 0 Å². The summed E-state index contributed by atoms with van der Waals surface area (Å²) in [6.45, 7) is 2.32. The third-order valence-electron chi connectivity index (χ3n) is 5.52. The number of anilines is 2. The minimum absolute atomic E-state index is 0.1000. The molecule has 1 aliphatic rings. The van der Waals surface area contributed by atoms with Crippen molar-refractivity contribution in [1.29, 1.82) is 5.26 Å². The standard InChI is InChI=1S/C24H21ClN4O2S/c1-27(24(31)22-7-4-14-32-22)20-6-3-2-5-18(20)23(30)29-12-10-28(11-13-29)21-9-8-17(16-26)15-19(21)25/h2-9,14-15H,10-13H2,1H3. The van der Waals surface area contributed by atoms with Crippen LogP contribution in [-0.4, -0.2) is 49.9 Å². The molecular weight excluding hydrogens is 444 g/mol. The van der Waals surface area contributed by atoms with Gasteiger partial charge in [0.2, 0.25) is 0 Å². The summed E-state index contributed by atoms with van der Waals surface area (Å²) in [6.07, 6.45) is 0. The normalized spacial score (nSPS) is 13.5. The van der Waals surface area contributed by atoms with Crippen LogP contribution in [0.1, 0.15) is 25.6 Å². The van der Waals surface area contributed by atoms with Crippen LogP contribution in [0, 0.1) is 11.3 Å². The number of carbonyl (C=O) groups excluding carboxylic acids is 2. The second kappa shape index (κ2) is 9.43. The molecule has 2 heterocycles. The van der Waals surface area contributed by atoms with Crippen LogP contribution in [0.3, 0.4) is 0 Å². The molecule has 0 bridgehead atoms. The van der Waals surface area contributed by atoms with E-state index in [1.165, 1.54) is 16.2 Å². The largest absolute Gasteiger partial charge is 0.367 e. The molecule has 1 aliphatic heterocycles. The van der Waals surface area contributed by atoms with E-state index < -0.39 is 0 Å². The number of nitriles is 1. The van der Waals surface area contributed by atoms with Gasteiger partial charge in [0.25, 0.3) is 11.8 Å². The number of halogens is 1. The zero-order valence-electron chi connectivity index (χ0n) is 17.5. The molecule has 0 atom stereocenters. The third kappa shape index (κ3) is 4.33. The van der Waals surface area contributed by atoms with E-state index in [1.807, 2.05) is 29.6 Å². The van der Waals surface area contributed by atoms with Crippen molar-refractivity contribution in [2.24, 2.45) is 0 Å². The topological polar surface area (TPSA) is 67.7 Å². The van der Waals surface area contributed by atoms with Crippen LogP contribution in [-0.2, 0) is 0 Å². The average Bonchev–Trinajstić information content (AvgIpc) is 3.38. The predicted molar refractivity (Wildman–Crippen MR) is 128 cm³/mol. The Labute approximate surface area is 195 Å². The molecular formula is C24H21ClN4O2S. The Hall–Kier alpha value is -3.34. The summed E-state index contributed by atoms with van der Waals surface area (Å²) in [5.74, 6) is -0.238. The zero-order chi connectivity index (χ0) is 22.7. The molecule has 162 valence electrons. The fraction of sp³-hybridized carbons (Fsp3) is 0.208. The lowest BCUT2D eigenvalue weighted by Crippen LogP contribution is -2.49. The quantitative estimate of drug-likeness (QED) is 0.569. The van der Waals surface area contributed by atoms with Gasteiger partial charge in [-0.2, -0.15) is 5.26 Å². The van der Waals surface area contributed by atoms with Gasteiger partial charge in [-0.1, -0.05) is 29.8 Å². The SMILES string of the molecule is CN(C(=O)c1cccs1)c1ccccc1C(=O)N1CCN(c2ccc(C#N)cc2Cl)CC1. The van der Waals surface area contributed by atoms with Gasteiger partial charge in [-0.25, -0.2) is 0 Å². The van der Waals surface area contributed by atoms with Gasteiger partial charge in [0.05, 0.1) is 38.5 Å². The van der Waals surface area contributed by atoms with Crippen molar-refractivity contribution in [3.05, 3.63) is 81.0 Å². The Morgan fingerprint density at radius 3 is 2.47 bits per heavy atom. The van der Waals surface area contributed by atoms with Crippen molar-refractivity contribution in [3.63, 3.8) is 0 Å². The first-order valence-corrected chi connectivity index (χ1v) is 11.4. The van der Waals surface area contributed by atoms with Gasteiger partial charge < -0.3 is 14.7 Å². The smallest absolute Gasteiger partial charge is 0.268 e. The molecule has 6 nitrogen and oxygen atoms in total. The molecule has 0 saturated carbocycles. The lowest BCUT2D eigenvalue weighted by atomic mass is 10.1. The average molecular weight is 465 g/mol. The Kier molecular flexibility index (Phi) is 6.45. The Bertz CT molecular complexity index is 1180. The van der Waals surface area contributed by atoms with E-state index in [4.69, 9.17) is 16.9 Å². The molecule has 0 N–H and O–H groups in total. The van der Waals surface area contributed by atoms with E-state index in [-0.39, 0.29) is 11.8 Å². The number of carbonyl (C=O) groups is 2. The Morgan fingerprint density at radius 2 is 1.81 bits per heavy atom. The summed E-state index contributed by atoms with van der Waals surface area (Å²) in [5, 5.41) is 11.4. The summed E-state index contributed by atoms with van der Waals surface area (Å²) in [7, 11) is 1.69. The number of benzene rings is 2. The lowest BCUT2D eigenvalue weighted by Gasteiger charge is -2.37. The second-order valence-electron chi connectivity index (χ2n) is 7.42. The van der Waals surface area contributed by atoms with Gasteiger partial charge in [0, 0.05) is 33.2 Å². The third-order valence-corrected chi connectivity index (χ3v) is 6.68. The molecule has 2 amide bonds.